The molecule has 0 saturated carbocycles. The lowest BCUT2D eigenvalue weighted by atomic mass is 9.93. The Kier molecular flexibility index (Phi) is 2.69. The predicted molar refractivity (Wildman–Crippen MR) is 45.2 cm³/mol. The van der Waals surface area contributed by atoms with E-state index in [1.807, 2.05) is 14.1 Å². The molecule has 0 bridgehead atoms. The quantitative estimate of drug-likeness (QED) is 0.559. The third-order valence-corrected chi connectivity index (χ3v) is 2.19. The second-order valence-corrected chi connectivity index (χ2v) is 3.26. The second-order valence-electron chi connectivity index (χ2n) is 3.26. The summed E-state index contributed by atoms with van der Waals surface area (Å²) in [6.45, 7) is 0. The van der Waals surface area contributed by atoms with E-state index in [0.29, 0.717) is 0 Å². The summed E-state index contributed by atoms with van der Waals surface area (Å²) in [4.78, 5) is 12.5. The van der Waals surface area contributed by atoms with Crippen molar-refractivity contribution in [3.63, 3.8) is 0 Å². The van der Waals surface area contributed by atoms with Gasteiger partial charge in [0.25, 0.3) is 0 Å². The summed E-state index contributed by atoms with van der Waals surface area (Å²) >= 11 is 0. The van der Waals surface area contributed by atoms with E-state index in [-0.39, 0.29) is 5.92 Å². The van der Waals surface area contributed by atoms with Crippen LogP contribution in [0.5, 0.6) is 0 Å². The van der Waals surface area contributed by atoms with Crippen LogP contribution in [0, 0.1) is 5.92 Å². The Labute approximate surface area is 67.9 Å². The van der Waals surface area contributed by atoms with E-state index < -0.39 is 0 Å². The molecule has 0 heterocycles. The molecular weight excluding hydrogens is 138 g/mol. The molecule has 0 aromatic heterocycles. The normalized spacial score (nSPS) is 24.2. The summed E-state index contributed by atoms with van der Waals surface area (Å²) in [6, 6.07) is 0. The van der Waals surface area contributed by atoms with Gasteiger partial charge in [0.1, 0.15) is 6.29 Å². The summed E-state index contributed by atoms with van der Waals surface area (Å²) < 4.78 is 0. The van der Waals surface area contributed by atoms with Crippen molar-refractivity contribution in [1.82, 2.24) is 4.90 Å². The Bertz CT molecular complexity index is 172. The first-order chi connectivity index (χ1) is 5.24. The Morgan fingerprint density at radius 3 is 2.73 bits per heavy atom. The first kappa shape index (κ1) is 8.31. The number of aldehydes is 1. The molecule has 2 heteroatoms. The number of carbonyl (C=O) groups is 1. The molecule has 1 aliphatic carbocycles. The standard InChI is InChI=1S/C9H15NO/c1-10(2)9-5-3-8(7-11)4-6-9/h5,7-8H,3-4,6H2,1-2H3. The van der Waals surface area contributed by atoms with Gasteiger partial charge in [-0.15, -0.1) is 0 Å². The number of hydrogen-bond acceptors (Lipinski definition) is 2. The highest BCUT2D eigenvalue weighted by Gasteiger charge is 2.13. The van der Waals surface area contributed by atoms with Crippen LogP contribution in [0.4, 0.5) is 0 Å². The minimum absolute atomic E-state index is 0.277. The zero-order valence-corrected chi connectivity index (χ0v) is 7.21. The third kappa shape index (κ3) is 2.07. The van der Waals surface area contributed by atoms with Gasteiger partial charge in [-0.3, -0.25) is 0 Å². The fourth-order valence-corrected chi connectivity index (χ4v) is 1.37. The van der Waals surface area contributed by atoms with Crippen LogP contribution in [-0.2, 0) is 4.79 Å². The number of carbonyl (C=O) groups excluding carboxylic acids is 1. The maximum Gasteiger partial charge on any atom is 0.123 e. The van der Waals surface area contributed by atoms with E-state index in [1.54, 1.807) is 0 Å². The SMILES string of the molecule is CN(C)C1=CCC(C=O)CC1. The molecule has 62 valence electrons. The smallest absolute Gasteiger partial charge is 0.123 e. The maximum atomic E-state index is 10.4. The highest BCUT2D eigenvalue weighted by Crippen LogP contribution is 2.22. The molecule has 1 aliphatic rings. The average Bonchev–Trinajstić information content (AvgIpc) is 2.05. The van der Waals surface area contributed by atoms with Gasteiger partial charge in [-0.1, -0.05) is 6.08 Å². The topological polar surface area (TPSA) is 20.3 Å². The molecule has 0 N–H and O–H groups in total. The van der Waals surface area contributed by atoms with Crippen LogP contribution in [0.1, 0.15) is 19.3 Å². The van der Waals surface area contributed by atoms with E-state index >= 15 is 0 Å². The van der Waals surface area contributed by atoms with E-state index in [0.717, 1.165) is 25.5 Å². The fraction of sp³-hybridized carbons (Fsp3) is 0.667. The number of hydrogen-bond donors (Lipinski definition) is 0. The van der Waals surface area contributed by atoms with Crippen molar-refractivity contribution < 1.29 is 4.79 Å². The summed E-state index contributed by atoms with van der Waals surface area (Å²) in [5.74, 6) is 0.277. The minimum Gasteiger partial charge on any atom is -0.381 e. The van der Waals surface area contributed by atoms with Crippen LogP contribution in [-0.4, -0.2) is 25.3 Å². The Balaban J connectivity index is 2.50. The molecule has 0 saturated heterocycles. The van der Waals surface area contributed by atoms with Gasteiger partial charge in [0.2, 0.25) is 0 Å². The van der Waals surface area contributed by atoms with Gasteiger partial charge < -0.3 is 9.69 Å². The van der Waals surface area contributed by atoms with Crippen LogP contribution in [0.25, 0.3) is 0 Å². The summed E-state index contributed by atoms with van der Waals surface area (Å²) in [6.07, 6.45) is 6.24. The molecule has 11 heavy (non-hydrogen) atoms. The molecule has 0 amide bonds. The van der Waals surface area contributed by atoms with Gasteiger partial charge in [-0.05, 0) is 19.3 Å². The maximum absolute atomic E-state index is 10.4. The third-order valence-electron chi connectivity index (χ3n) is 2.19. The van der Waals surface area contributed by atoms with Crippen molar-refractivity contribution in [3.8, 4) is 0 Å². The number of allylic oxidation sites excluding steroid dienone is 2. The van der Waals surface area contributed by atoms with Gasteiger partial charge in [0.15, 0.2) is 0 Å². The van der Waals surface area contributed by atoms with Crippen molar-refractivity contribution >= 4 is 6.29 Å². The first-order valence-electron chi connectivity index (χ1n) is 4.05. The lowest BCUT2D eigenvalue weighted by Gasteiger charge is -2.23. The molecule has 0 aromatic rings. The van der Waals surface area contributed by atoms with Gasteiger partial charge in [-0.25, -0.2) is 0 Å². The zero-order valence-electron chi connectivity index (χ0n) is 7.21. The molecule has 0 spiro atoms. The van der Waals surface area contributed by atoms with E-state index in [2.05, 4.69) is 11.0 Å². The molecule has 2 nitrogen and oxygen atoms in total. The highest BCUT2D eigenvalue weighted by atomic mass is 16.1. The van der Waals surface area contributed by atoms with Crippen molar-refractivity contribution in [1.29, 1.82) is 0 Å². The van der Waals surface area contributed by atoms with Gasteiger partial charge >= 0.3 is 0 Å². The van der Waals surface area contributed by atoms with Crippen LogP contribution in [0.2, 0.25) is 0 Å². The minimum atomic E-state index is 0.277. The van der Waals surface area contributed by atoms with Crippen molar-refractivity contribution in [2.45, 2.75) is 19.3 Å². The van der Waals surface area contributed by atoms with Gasteiger partial charge in [-0.2, -0.15) is 0 Å². The predicted octanol–water partition coefficient (Wildman–Crippen LogP) is 1.43. The van der Waals surface area contributed by atoms with Gasteiger partial charge in [0, 0.05) is 25.7 Å². The Morgan fingerprint density at radius 1 is 1.64 bits per heavy atom. The fourth-order valence-electron chi connectivity index (χ4n) is 1.37. The molecule has 0 aromatic carbocycles. The monoisotopic (exact) mass is 153 g/mol. The van der Waals surface area contributed by atoms with Crippen molar-refractivity contribution in [2.75, 3.05) is 14.1 Å². The molecule has 1 unspecified atom stereocenters. The second kappa shape index (κ2) is 3.56. The highest BCUT2D eigenvalue weighted by molar-refractivity contribution is 5.54. The molecule has 1 rings (SSSR count). The lowest BCUT2D eigenvalue weighted by Crippen LogP contribution is -2.16. The first-order valence-corrected chi connectivity index (χ1v) is 4.05. The Hall–Kier alpha value is -0.790. The largest absolute Gasteiger partial charge is 0.381 e. The van der Waals surface area contributed by atoms with E-state index in [1.165, 1.54) is 5.70 Å². The van der Waals surface area contributed by atoms with Crippen LogP contribution in [0.15, 0.2) is 11.8 Å². The lowest BCUT2D eigenvalue weighted by molar-refractivity contribution is -0.111. The van der Waals surface area contributed by atoms with Crippen molar-refractivity contribution in [3.05, 3.63) is 11.8 Å². The average molecular weight is 153 g/mol. The number of rotatable bonds is 2. The van der Waals surface area contributed by atoms with E-state index in [9.17, 15) is 4.79 Å². The summed E-state index contributed by atoms with van der Waals surface area (Å²) in [5.41, 5.74) is 1.36. The molecular formula is C9H15NO. The van der Waals surface area contributed by atoms with Gasteiger partial charge in [0.05, 0.1) is 0 Å². The van der Waals surface area contributed by atoms with Crippen molar-refractivity contribution in [2.24, 2.45) is 5.92 Å². The molecule has 1 atom stereocenters. The molecule has 0 fully saturated rings. The van der Waals surface area contributed by atoms with Crippen LogP contribution < -0.4 is 0 Å². The zero-order chi connectivity index (χ0) is 8.27. The van der Waals surface area contributed by atoms with Crippen LogP contribution in [0.3, 0.4) is 0 Å². The van der Waals surface area contributed by atoms with E-state index in [4.69, 9.17) is 0 Å². The Morgan fingerprint density at radius 2 is 2.36 bits per heavy atom. The number of nitrogens with zero attached hydrogens (tertiary/aromatic N) is 1. The summed E-state index contributed by atoms with van der Waals surface area (Å²) in [7, 11) is 4.10. The summed E-state index contributed by atoms with van der Waals surface area (Å²) in [5, 5.41) is 0. The molecule has 0 aliphatic heterocycles. The van der Waals surface area contributed by atoms with Crippen LogP contribution >= 0.6 is 0 Å². The molecule has 0 radical (unpaired) electrons.